The maximum absolute atomic E-state index is 13.2. The third kappa shape index (κ3) is 4.94. The predicted molar refractivity (Wildman–Crippen MR) is 138 cm³/mol. The largest absolute Gasteiger partial charge is 0.452 e. The van der Waals surface area contributed by atoms with Crippen LogP contribution in [-0.2, 0) is 22.5 Å². The Morgan fingerprint density at radius 3 is 2.71 bits per heavy atom. The molecular formula is C27H26N4O3S. The van der Waals surface area contributed by atoms with Crippen LogP contribution < -0.4 is 5.32 Å². The number of esters is 1. The number of carbonyl (C=O) groups excluding carboxylic acids is 2. The zero-order valence-electron chi connectivity index (χ0n) is 19.7. The molecule has 0 fully saturated rings. The molecule has 1 amide bonds. The number of amides is 1. The molecule has 178 valence electrons. The minimum absolute atomic E-state index is 0.388. The molecule has 0 radical (unpaired) electrons. The smallest absolute Gasteiger partial charge is 0.339 e. The van der Waals surface area contributed by atoms with Gasteiger partial charge in [0.2, 0.25) is 0 Å². The van der Waals surface area contributed by atoms with Crippen LogP contribution in [0.15, 0.2) is 53.9 Å². The summed E-state index contributed by atoms with van der Waals surface area (Å²) in [5.41, 5.74) is 6.03. The number of thiazole rings is 1. The zero-order chi connectivity index (χ0) is 24.4. The second kappa shape index (κ2) is 9.93. The van der Waals surface area contributed by atoms with Gasteiger partial charge in [-0.2, -0.15) is 0 Å². The van der Waals surface area contributed by atoms with Crippen LogP contribution in [0.1, 0.15) is 34.1 Å². The SMILES string of the molecule is CCN1CCc2nc3ccccc3c(C(=O)OCC(=O)Nc3nc(-c4ccc(C)cc4)cs3)c2C1. The number of rotatable bonds is 6. The van der Waals surface area contributed by atoms with E-state index in [1.165, 1.54) is 16.9 Å². The quantitative estimate of drug-likeness (QED) is 0.393. The summed E-state index contributed by atoms with van der Waals surface area (Å²) in [6.45, 7) is 6.18. The summed E-state index contributed by atoms with van der Waals surface area (Å²) in [5, 5.41) is 5.84. The number of carbonyl (C=O) groups is 2. The van der Waals surface area contributed by atoms with Crippen molar-refractivity contribution in [3.8, 4) is 11.3 Å². The van der Waals surface area contributed by atoms with Crippen molar-refractivity contribution in [3.05, 3.63) is 76.3 Å². The molecule has 0 aliphatic carbocycles. The molecule has 7 nitrogen and oxygen atoms in total. The third-order valence-corrected chi connectivity index (χ3v) is 6.97. The van der Waals surface area contributed by atoms with Gasteiger partial charge in [-0.05, 0) is 19.5 Å². The zero-order valence-corrected chi connectivity index (χ0v) is 20.5. The van der Waals surface area contributed by atoms with Gasteiger partial charge >= 0.3 is 5.97 Å². The lowest BCUT2D eigenvalue weighted by molar-refractivity contribution is -0.119. The van der Waals surface area contributed by atoms with E-state index >= 15 is 0 Å². The number of hydrogen-bond donors (Lipinski definition) is 1. The van der Waals surface area contributed by atoms with E-state index in [-0.39, 0.29) is 6.61 Å². The number of aromatic nitrogens is 2. The average Bonchev–Trinajstić information content (AvgIpc) is 3.34. The standard InChI is InChI=1S/C27H26N4O3S/c1-3-31-13-12-22-20(14-31)25(19-6-4-5-7-21(19)28-22)26(33)34-15-24(32)30-27-29-23(16-35-27)18-10-8-17(2)9-11-18/h4-11,16H,3,12-15H2,1-2H3,(H,29,30,32). The molecule has 2 aromatic carbocycles. The highest BCUT2D eigenvalue weighted by molar-refractivity contribution is 7.14. The maximum Gasteiger partial charge on any atom is 0.339 e. The summed E-state index contributed by atoms with van der Waals surface area (Å²) in [5.74, 6) is -0.932. The number of pyridine rings is 1. The molecule has 0 atom stereocenters. The highest BCUT2D eigenvalue weighted by Crippen LogP contribution is 2.29. The Bertz CT molecular complexity index is 1400. The summed E-state index contributed by atoms with van der Waals surface area (Å²) in [4.78, 5) is 37.3. The van der Waals surface area contributed by atoms with Crippen LogP contribution in [0.4, 0.5) is 5.13 Å². The van der Waals surface area contributed by atoms with Crippen molar-refractivity contribution >= 4 is 39.2 Å². The number of nitrogens with one attached hydrogen (secondary N) is 1. The van der Waals surface area contributed by atoms with E-state index in [2.05, 4.69) is 22.1 Å². The van der Waals surface area contributed by atoms with E-state index in [9.17, 15) is 9.59 Å². The Morgan fingerprint density at radius 1 is 1.11 bits per heavy atom. The fourth-order valence-corrected chi connectivity index (χ4v) is 5.03. The molecule has 4 aromatic rings. The van der Waals surface area contributed by atoms with Crippen molar-refractivity contribution in [1.29, 1.82) is 0 Å². The summed E-state index contributed by atoms with van der Waals surface area (Å²) in [6, 6.07) is 15.6. The first-order valence-electron chi connectivity index (χ1n) is 11.6. The second-order valence-corrected chi connectivity index (χ2v) is 9.43. The molecule has 5 rings (SSSR count). The number of ether oxygens (including phenoxy) is 1. The predicted octanol–water partition coefficient (Wildman–Crippen LogP) is 4.84. The van der Waals surface area contributed by atoms with E-state index in [0.717, 1.165) is 52.9 Å². The molecule has 1 N–H and O–H groups in total. The molecule has 35 heavy (non-hydrogen) atoms. The molecule has 3 heterocycles. The lowest BCUT2D eigenvalue weighted by Gasteiger charge is -2.28. The first-order chi connectivity index (χ1) is 17.0. The van der Waals surface area contributed by atoms with E-state index in [0.29, 0.717) is 17.2 Å². The Hall–Kier alpha value is -3.62. The van der Waals surface area contributed by atoms with Crippen LogP contribution >= 0.6 is 11.3 Å². The third-order valence-electron chi connectivity index (χ3n) is 6.21. The summed E-state index contributed by atoms with van der Waals surface area (Å²) in [7, 11) is 0. The van der Waals surface area contributed by atoms with Gasteiger partial charge in [-0.15, -0.1) is 11.3 Å². The topological polar surface area (TPSA) is 84.4 Å². The lowest BCUT2D eigenvalue weighted by Crippen LogP contribution is -2.32. The Kier molecular flexibility index (Phi) is 6.57. The molecule has 0 saturated carbocycles. The molecule has 8 heteroatoms. The van der Waals surface area contributed by atoms with E-state index < -0.39 is 11.9 Å². The highest BCUT2D eigenvalue weighted by atomic mass is 32.1. The van der Waals surface area contributed by atoms with Gasteiger partial charge in [0, 0.05) is 47.1 Å². The lowest BCUT2D eigenvalue weighted by atomic mass is 9.96. The van der Waals surface area contributed by atoms with Crippen LogP contribution in [0.25, 0.3) is 22.2 Å². The first-order valence-corrected chi connectivity index (χ1v) is 12.5. The number of fused-ring (bicyclic) bond motifs is 2. The maximum atomic E-state index is 13.2. The highest BCUT2D eigenvalue weighted by Gasteiger charge is 2.26. The first kappa shape index (κ1) is 23.1. The van der Waals surface area contributed by atoms with Crippen molar-refractivity contribution in [2.75, 3.05) is 25.0 Å². The number of benzene rings is 2. The van der Waals surface area contributed by atoms with Gasteiger partial charge in [-0.3, -0.25) is 20.0 Å². The van der Waals surface area contributed by atoms with Crippen LogP contribution in [-0.4, -0.2) is 46.4 Å². The van der Waals surface area contributed by atoms with E-state index in [1.807, 2.05) is 60.8 Å². The Labute approximate surface area is 207 Å². The normalized spacial score (nSPS) is 13.4. The monoisotopic (exact) mass is 486 g/mol. The summed E-state index contributed by atoms with van der Waals surface area (Å²) >= 11 is 1.33. The molecule has 0 spiro atoms. The van der Waals surface area contributed by atoms with Gasteiger partial charge in [0.05, 0.1) is 16.8 Å². The van der Waals surface area contributed by atoms with Crippen molar-refractivity contribution in [1.82, 2.24) is 14.9 Å². The molecule has 0 saturated heterocycles. The fourth-order valence-electron chi connectivity index (χ4n) is 4.30. The Morgan fingerprint density at radius 2 is 1.91 bits per heavy atom. The van der Waals surface area contributed by atoms with Crippen molar-refractivity contribution in [2.45, 2.75) is 26.8 Å². The van der Waals surface area contributed by atoms with Gasteiger partial charge in [-0.1, -0.05) is 55.0 Å². The molecule has 1 aliphatic heterocycles. The van der Waals surface area contributed by atoms with Crippen LogP contribution in [0.3, 0.4) is 0 Å². The van der Waals surface area contributed by atoms with Gasteiger partial charge in [0.15, 0.2) is 11.7 Å². The average molecular weight is 487 g/mol. The molecule has 0 unspecified atom stereocenters. The van der Waals surface area contributed by atoms with Crippen LogP contribution in [0.5, 0.6) is 0 Å². The van der Waals surface area contributed by atoms with Gasteiger partial charge in [0.25, 0.3) is 5.91 Å². The van der Waals surface area contributed by atoms with Gasteiger partial charge < -0.3 is 4.74 Å². The van der Waals surface area contributed by atoms with Crippen LogP contribution in [0.2, 0.25) is 0 Å². The number of para-hydroxylation sites is 1. The second-order valence-electron chi connectivity index (χ2n) is 8.58. The molecule has 2 aromatic heterocycles. The van der Waals surface area contributed by atoms with Gasteiger partial charge in [0.1, 0.15) is 0 Å². The number of anilines is 1. The molecular weight excluding hydrogens is 460 g/mol. The van der Waals surface area contributed by atoms with Crippen molar-refractivity contribution in [2.24, 2.45) is 0 Å². The number of nitrogens with zero attached hydrogens (tertiary/aromatic N) is 3. The molecule has 1 aliphatic rings. The number of aryl methyl sites for hydroxylation is 1. The van der Waals surface area contributed by atoms with Crippen LogP contribution in [0, 0.1) is 6.92 Å². The minimum atomic E-state index is -0.507. The van der Waals surface area contributed by atoms with Gasteiger partial charge in [-0.25, -0.2) is 9.78 Å². The molecule has 0 bridgehead atoms. The van der Waals surface area contributed by atoms with Crippen molar-refractivity contribution < 1.29 is 14.3 Å². The number of likely N-dealkylation sites (N-methyl/N-ethyl adjacent to an activating group) is 1. The van der Waals surface area contributed by atoms with Crippen molar-refractivity contribution in [3.63, 3.8) is 0 Å². The summed E-state index contributed by atoms with van der Waals surface area (Å²) in [6.07, 6.45) is 0.780. The van der Waals surface area contributed by atoms with E-state index in [4.69, 9.17) is 9.72 Å². The fraction of sp³-hybridized carbons (Fsp3) is 0.259. The Balaban J connectivity index is 1.30. The van der Waals surface area contributed by atoms with E-state index in [1.54, 1.807) is 0 Å². The summed E-state index contributed by atoms with van der Waals surface area (Å²) < 4.78 is 5.49. The minimum Gasteiger partial charge on any atom is -0.452 e. The number of hydrogen-bond acceptors (Lipinski definition) is 7.